The van der Waals surface area contributed by atoms with Gasteiger partial charge in [-0.2, -0.15) is 5.10 Å². The van der Waals surface area contributed by atoms with Crippen LogP contribution in [0.25, 0.3) is 11.0 Å². The maximum absolute atomic E-state index is 12.7. The van der Waals surface area contributed by atoms with Crippen LogP contribution in [-0.2, 0) is 9.53 Å². The topological polar surface area (TPSA) is 77.3 Å². The molecule has 0 saturated carbocycles. The predicted molar refractivity (Wildman–Crippen MR) is 105 cm³/mol. The van der Waals surface area contributed by atoms with Crippen LogP contribution in [0.1, 0.15) is 70.6 Å². The number of aromatic nitrogens is 3. The number of hydrogen-bond donors (Lipinski definition) is 0. The number of pyridine rings is 1. The second-order valence-corrected chi connectivity index (χ2v) is 7.70. The van der Waals surface area contributed by atoms with Crippen LogP contribution >= 0.6 is 0 Å². The average Bonchev–Trinajstić information content (AvgIpc) is 2.95. The van der Waals surface area contributed by atoms with E-state index in [-0.39, 0.29) is 24.0 Å². The maximum atomic E-state index is 12.7. The number of ether oxygens (including phenoxy) is 1. The Kier molecular flexibility index (Phi) is 6.23. The van der Waals surface area contributed by atoms with Crippen LogP contribution < -0.4 is 0 Å². The van der Waals surface area contributed by atoms with Crippen LogP contribution in [-0.4, -0.2) is 49.7 Å². The van der Waals surface area contributed by atoms with Gasteiger partial charge in [0.15, 0.2) is 11.8 Å². The highest BCUT2D eigenvalue weighted by Gasteiger charge is 2.28. The number of hydrogen-bond acceptors (Lipinski definition) is 5. The van der Waals surface area contributed by atoms with E-state index in [1.807, 2.05) is 46.2 Å². The largest absolute Gasteiger partial charge is 0.449 e. The lowest BCUT2D eigenvalue weighted by Crippen LogP contribution is -2.47. The Bertz CT molecular complexity index is 831. The molecule has 0 aliphatic rings. The Balaban J connectivity index is 2.25. The molecule has 2 heterocycles. The summed E-state index contributed by atoms with van der Waals surface area (Å²) in [6, 6.07) is 1.95. The van der Waals surface area contributed by atoms with Gasteiger partial charge < -0.3 is 9.64 Å². The van der Waals surface area contributed by atoms with Crippen LogP contribution in [0.4, 0.5) is 0 Å². The van der Waals surface area contributed by atoms with Crippen molar-refractivity contribution in [3.05, 3.63) is 23.5 Å². The zero-order chi connectivity index (χ0) is 20.5. The average molecular weight is 374 g/mol. The standard InChI is InChI=1S/C20H30N4O3/c1-11(2)23(12(3)4)19(25)15(8)27-20(26)17-9-16-10-21-24(13(5)6)18(16)22-14(17)7/h9-13,15H,1-8H3/t15-/m1/s1. The summed E-state index contributed by atoms with van der Waals surface area (Å²) in [4.78, 5) is 31.6. The van der Waals surface area contributed by atoms with Crippen molar-refractivity contribution in [2.45, 2.75) is 79.6 Å². The van der Waals surface area contributed by atoms with Crippen molar-refractivity contribution in [2.75, 3.05) is 0 Å². The molecule has 2 rings (SSSR count). The Morgan fingerprint density at radius 1 is 1.07 bits per heavy atom. The van der Waals surface area contributed by atoms with E-state index in [4.69, 9.17) is 4.74 Å². The van der Waals surface area contributed by atoms with Gasteiger partial charge in [0.05, 0.1) is 17.5 Å². The van der Waals surface area contributed by atoms with E-state index in [1.54, 1.807) is 31.0 Å². The van der Waals surface area contributed by atoms with Gasteiger partial charge in [-0.3, -0.25) is 4.79 Å². The van der Waals surface area contributed by atoms with E-state index in [0.29, 0.717) is 11.3 Å². The Hall–Kier alpha value is -2.44. The quantitative estimate of drug-likeness (QED) is 0.723. The fourth-order valence-corrected chi connectivity index (χ4v) is 3.24. The van der Waals surface area contributed by atoms with Gasteiger partial charge in [0.2, 0.25) is 0 Å². The van der Waals surface area contributed by atoms with Gasteiger partial charge in [-0.05, 0) is 61.5 Å². The van der Waals surface area contributed by atoms with Gasteiger partial charge in [0, 0.05) is 23.5 Å². The SMILES string of the molecule is Cc1nc2c(cnn2C(C)C)cc1C(=O)O[C@H](C)C(=O)N(C(C)C)C(C)C. The maximum Gasteiger partial charge on any atom is 0.340 e. The minimum Gasteiger partial charge on any atom is -0.449 e. The second kappa shape index (κ2) is 8.06. The molecule has 1 amide bonds. The summed E-state index contributed by atoms with van der Waals surface area (Å²) in [5.41, 5.74) is 1.64. The molecule has 148 valence electrons. The van der Waals surface area contributed by atoms with Crippen LogP contribution in [0.3, 0.4) is 0 Å². The van der Waals surface area contributed by atoms with Gasteiger partial charge in [0.1, 0.15) is 0 Å². The number of fused-ring (bicyclic) bond motifs is 1. The highest BCUT2D eigenvalue weighted by molar-refractivity contribution is 5.96. The molecule has 0 saturated heterocycles. The first kappa shape index (κ1) is 20.9. The number of carbonyl (C=O) groups excluding carboxylic acids is 2. The summed E-state index contributed by atoms with van der Waals surface area (Å²) in [7, 11) is 0. The first-order valence-electron chi connectivity index (χ1n) is 9.42. The molecule has 0 spiro atoms. The third-order valence-electron chi connectivity index (χ3n) is 4.47. The summed E-state index contributed by atoms with van der Waals surface area (Å²) >= 11 is 0. The molecule has 0 aromatic carbocycles. The minimum absolute atomic E-state index is 0.0280. The molecule has 27 heavy (non-hydrogen) atoms. The van der Waals surface area contributed by atoms with Gasteiger partial charge in [-0.25, -0.2) is 14.5 Å². The number of rotatable bonds is 6. The molecule has 0 N–H and O–H groups in total. The summed E-state index contributed by atoms with van der Waals surface area (Å²) in [5, 5.41) is 5.10. The molecule has 0 aliphatic heterocycles. The third-order valence-corrected chi connectivity index (χ3v) is 4.47. The van der Waals surface area contributed by atoms with Crippen LogP contribution in [0.15, 0.2) is 12.3 Å². The monoisotopic (exact) mass is 374 g/mol. The van der Waals surface area contributed by atoms with E-state index in [9.17, 15) is 9.59 Å². The minimum atomic E-state index is -0.865. The fourth-order valence-electron chi connectivity index (χ4n) is 3.24. The molecule has 7 heteroatoms. The smallest absolute Gasteiger partial charge is 0.340 e. The van der Waals surface area contributed by atoms with Crippen molar-refractivity contribution >= 4 is 22.9 Å². The lowest BCUT2D eigenvalue weighted by molar-refractivity contribution is -0.143. The molecule has 0 unspecified atom stereocenters. The lowest BCUT2D eigenvalue weighted by Gasteiger charge is -2.32. The molecular formula is C20H30N4O3. The van der Waals surface area contributed by atoms with E-state index >= 15 is 0 Å². The molecule has 0 radical (unpaired) electrons. The van der Waals surface area contributed by atoms with Crippen LogP contribution in [0.5, 0.6) is 0 Å². The summed E-state index contributed by atoms with van der Waals surface area (Å²) < 4.78 is 7.28. The third kappa shape index (κ3) is 4.28. The van der Waals surface area contributed by atoms with Crippen molar-refractivity contribution in [1.82, 2.24) is 19.7 Å². The molecular weight excluding hydrogens is 344 g/mol. The van der Waals surface area contributed by atoms with Crippen LogP contribution in [0.2, 0.25) is 0 Å². The summed E-state index contributed by atoms with van der Waals surface area (Å²) in [6.45, 7) is 15.2. The fraction of sp³-hybridized carbons (Fsp3) is 0.600. The van der Waals surface area contributed by atoms with Crippen molar-refractivity contribution in [3.8, 4) is 0 Å². The molecule has 0 bridgehead atoms. The summed E-state index contributed by atoms with van der Waals surface area (Å²) in [5.74, 6) is -0.750. The highest BCUT2D eigenvalue weighted by Crippen LogP contribution is 2.20. The Morgan fingerprint density at radius 2 is 1.67 bits per heavy atom. The first-order chi connectivity index (χ1) is 12.5. The van der Waals surface area contributed by atoms with Crippen LogP contribution in [0, 0.1) is 6.92 Å². The Morgan fingerprint density at radius 3 is 2.19 bits per heavy atom. The van der Waals surface area contributed by atoms with Crippen molar-refractivity contribution < 1.29 is 14.3 Å². The lowest BCUT2D eigenvalue weighted by atomic mass is 10.1. The Labute approximate surface area is 160 Å². The van der Waals surface area contributed by atoms with E-state index in [0.717, 1.165) is 11.0 Å². The zero-order valence-corrected chi connectivity index (χ0v) is 17.5. The second-order valence-electron chi connectivity index (χ2n) is 7.70. The van der Waals surface area contributed by atoms with E-state index in [2.05, 4.69) is 10.1 Å². The normalized spacial score (nSPS) is 12.9. The predicted octanol–water partition coefficient (Wildman–Crippen LogP) is 3.51. The zero-order valence-electron chi connectivity index (χ0n) is 17.5. The first-order valence-corrected chi connectivity index (χ1v) is 9.42. The molecule has 0 aliphatic carbocycles. The number of carbonyl (C=O) groups is 2. The molecule has 2 aromatic rings. The van der Waals surface area contributed by atoms with Crippen molar-refractivity contribution in [1.29, 1.82) is 0 Å². The molecule has 7 nitrogen and oxygen atoms in total. The molecule has 2 aromatic heterocycles. The van der Waals surface area contributed by atoms with E-state index in [1.165, 1.54) is 0 Å². The number of nitrogens with zero attached hydrogens (tertiary/aromatic N) is 4. The van der Waals surface area contributed by atoms with Gasteiger partial charge in [0.25, 0.3) is 5.91 Å². The van der Waals surface area contributed by atoms with Gasteiger partial charge >= 0.3 is 5.97 Å². The van der Waals surface area contributed by atoms with Crippen molar-refractivity contribution in [3.63, 3.8) is 0 Å². The van der Waals surface area contributed by atoms with Gasteiger partial charge in [-0.1, -0.05) is 0 Å². The molecule has 1 atom stereocenters. The summed E-state index contributed by atoms with van der Waals surface area (Å²) in [6.07, 6.45) is 0.822. The molecule has 0 fully saturated rings. The number of aryl methyl sites for hydroxylation is 1. The van der Waals surface area contributed by atoms with E-state index < -0.39 is 12.1 Å². The number of esters is 1. The number of amides is 1. The van der Waals surface area contributed by atoms with Gasteiger partial charge in [-0.15, -0.1) is 0 Å². The van der Waals surface area contributed by atoms with Crippen molar-refractivity contribution in [2.24, 2.45) is 0 Å². The highest BCUT2D eigenvalue weighted by atomic mass is 16.5.